The van der Waals surface area contributed by atoms with Gasteiger partial charge < -0.3 is 18.9 Å². The summed E-state index contributed by atoms with van der Waals surface area (Å²) >= 11 is 0. The average Bonchev–Trinajstić information content (AvgIpc) is 2.73. The van der Waals surface area contributed by atoms with E-state index >= 15 is 0 Å². The molecule has 1 saturated carbocycles. The molecule has 1 aliphatic carbocycles. The summed E-state index contributed by atoms with van der Waals surface area (Å²) in [5.41, 5.74) is 0.161. The largest absolute Gasteiger partial charge is 0.468 e. The summed E-state index contributed by atoms with van der Waals surface area (Å²) in [6.45, 7) is 6.13. The van der Waals surface area contributed by atoms with Crippen LogP contribution in [0.5, 0.6) is 0 Å². The fraction of sp³-hybridized carbons (Fsp3) is 0.625. The van der Waals surface area contributed by atoms with Crippen LogP contribution in [0.4, 0.5) is 0 Å². The minimum atomic E-state index is -1.12. The SMILES string of the molecule is C=C(C)C(=O)OCC(=O)OC1C2CC(C)C1OC(=O)C2C(=O)OC. The molecule has 5 atom stereocenters. The first-order valence-corrected chi connectivity index (χ1v) is 7.56. The number of methoxy groups -OCH3 is 1. The van der Waals surface area contributed by atoms with Gasteiger partial charge in [0.1, 0.15) is 12.2 Å². The second-order valence-corrected chi connectivity index (χ2v) is 6.09. The molecule has 2 fully saturated rings. The van der Waals surface area contributed by atoms with Crippen LogP contribution in [-0.2, 0) is 38.1 Å². The Hall–Kier alpha value is -2.38. The highest BCUT2D eigenvalue weighted by molar-refractivity contribution is 5.96. The molecule has 2 bridgehead atoms. The summed E-state index contributed by atoms with van der Waals surface area (Å²) < 4.78 is 20.0. The number of ether oxygens (including phenoxy) is 4. The van der Waals surface area contributed by atoms with Crippen molar-refractivity contribution >= 4 is 23.9 Å². The Morgan fingerprint density at radius 3 is 2.58 bits per heavy atom. The van der Waals surface area contributed by atoms with E-state index in [4.69, 9.17) is 14.2 Å². The molecular formula is C16H20O8. The molecule has 8 nitrogen and oxygen atoms in total. The Bertz CT molecular complexity index is 581. The summed E-state index contributed by atoms with van der Waals surface area (Å²) in [6.07, 6.45) is -0.901. The molecule has 5 unspecified atom stereocenters. The fourth-order valence-electron chi connectivity index (χ4n) is 3.14. The minimum Gasteiger partial charge on any atom is -0.468 e. The summed E-state index contributed by atoms with van der Waals surface area (Å²) in [7, 11) is 1.18. The van der Waals surface area contributed by atoms with Gasteiger partial charge in [-0.25, -0.2) is 9.59 Å². The first kappa shape index (κ1) is 18.0. The lowest BCUT2D eigenvalue weighted by molar-refractivity contribution is -0.193. The van der Waals surface area contributed by atoms with Crippen LogP contribution in [-0.4, -0.2) is 49.8 Å². The third-order valence-corrected chi connectivity index (χ3v) is 4.28. The van der Waals surface area contributed by atoms with Crippen LogP contribution in [0.3, 0.4) is 0 Å². The van der Waals surface area contributed by atoms with Gasteiger partial charge in [-0.3, -0.25) is 9.59 Å². The molecule has 0 radical (unpaired) electrons. The highest BCUT2D eigenvalue weighted by Crippen LogP contribution is 2.45. The van der Waals surface area contributed by atoms with E-state index in [1.54, 1.807) is 0 Å². The van der Waals surface area contributed by atoms with Crippen molar-refractivity contribution in [1.82, 2.24) is 0 Å². The van der Waals surface area contributed by atoms with Gasteiger partial charge in [0.25, 0.3) is 0 Å². The summed E-state index contributed by atoms with van der Waals surface area (Å²) in [5, 5.41) is 0. The number of esters is 4. The number of carbonyl (C=O) groups excluding carboxylic acids is 4. The van der Waals surface area contributed by atoms with E-state index in [1.807, 2.05) is 6.92 Å². The van der Waals surface area contributed by atoms with Crippen LogP contribution >= 0.6 is 0 Å². The molecule has 24 heavy (non-hydrogen) atoms. The molecule has 8 heteroatoms. The Balaban J connectivity index is 2.05. The molecule has 0 amide bonds. The van der Waals surface area contributed by atoms with Crippen molar-refractivity contribution in [3.8, 4) is 0 Å². The first-order valence-electron chi connectivity index (χ1n) is 7.56. The molecule has 0 aromatic rings. The standard InChI is InChI=1S/C16H20O8/c1-7(2)14(18)22-6-10(17)23-13-9-5-8(3)12(13)24-16(20)11(9)15(19)21-4/h8-9,11-13H,1,5-6H2,2-4H3. The molecule has 132 valence electrons. The highest BCUT2D eigenvalue weighted by atomic mass is 16.6. The lowest BCUT2D eigenvalue weighted by atomic mass is 9.87. The Morgan fingerprint density at radius 1 is 1.33 bits per heavy atom. The molecule has 1 heterocycles. The molecule has 0 aromatic heterocycles. The maximum Gasteiger partial charge on any atom is 0.344 e. The van der Waals surface area contributed by atoms with Gasteiger partial charge in [-0.15, -0.1) is 0 Å². The zero-order valence-electron chi connectivity index (χ0n) is 13.8. The van der Waals surface area contributed by atoms with Crippen molar-refractivity contribution < 1.29 is 38.1 Å². The van der Waals surface area contributed by atoms with Crippen molar-refractivity contribution in [3.63, 3.8) is 0 Å². The lowest BCUT2D eigenvalue weighted by Crippen LogP contribution is -2.49. The number of rotatable bonds is 5. The molecule has 2 aliphatic rings. The van der Waals surface area contributed by atoms with Crippen LogP contribution in [0, 0.1) is 17.8 Å². The second-order valence-electron chi connectivity index (χ2n) is 6.09. The van der Waals surface area contributed by atoms with Gasteiger partial charge in [0.2, 0.25) is 0 Å². The fourth-order valence-corrected chi connectivity index (χ4v) is 3.14. The van der Waals surface area contributed by atoms with Gasteiger partial charge in [-0.2, -0.15) is 0 Å². The zero-order valence-corrected chi connectivity index (χ0v) is 13.8. The predicted octanol–water partition coefficient (Wildman–Crippen LogP) is 0.388. The van der Waals surface area contributed by atoms with Crippen LogP contribution in [0.15, 0.2) is 12.2 Å². The van der Waals surface area contributed by atoms with E-state index in [9.17, 15) is 19.2 Å². The van der Waals surface area contributed by atoms with Crippen molar-refractivity contribution in [2.24, 2.45) is 17.8 Å². The van der Waals surface area contributed by atoms with E-state index < -0.39 is 54.5 Å². The summed E-state index contributed by atoms with van der Waals surface area (Å²) in [5.74, 6) is -4.56. The van der Waals surface area contributed by atoms with Gasteiger partial charge in [0, 0.05) is 11.5 Å². The second kappa shape index (κ2) is 7.02. The first-order chi connectivity index (χ1) is 11.3. The van der Waals surface area contributed by atoms with Crippen LogP contribution in [0.2, 0.25) is 0 Å². The minimum absolute atomic E-state index is 0.0654. The van der Waals surface area contributed by atoms with E-state index in [2.05, 4.69) is 11.3 Å². The Morgan fingerprint density at radius 2 is 2.00 bits per heavy atom. The molecule has 0 aromatic carbocycles. The van der Waals surface area contributed by atoms with Gasteiger partial charge in [-0.1, -0.05) is 13.5 Å². The predicted molar refractivity (Wildman–Crippen MR) is 78.3 cm³/mol. The van der Waals surface area contributed by atoms with Gasteiger partial charge in [-0.05, 0) is 19.3 Å². The smallest absolute Gasteiger partial charge is 0.344 e. The zero-order chi connectivity index (χ0) is 18.0. The Labute approximate surface area is 139 Å². The maximum absolute atomic E-state index is 12.0. The molecular weight excluding hydrogens is 320 g/mol. The number of fused-ring (bicyclic) bond motifs is 2. The quantitative estimate of drug-likeness (QED) is 0.306. The van der Waals surface area contributed by atoms with Gasteiger partial charge >= 0.3 is 23.9 Å². The third kappa shape index (κ3) is 3.42. The number of carbonyl (C=O) groups is 4. The van der Waals surface area contributed by atoms with Crippen molar-refractivity contribution in [3.05, 3.63) is 12.2 Å². The molecule has 0 spiro atoms. The molecule has 1 aliphatic heterocycles. The Kier molecular flexibility index (Phi) is 5.26. The van der Waals surface area contributed by atoms with Crippen LogP contribution < -0.4 is 0 Å². The topological polar surface area (TPSA) is 105 Å². The van der Waals surface area contributed by atoms with E-state index in [1.165, 1.54) is 14.0 Å². The van der Waals surface area contributed by atoms with Gasteiger partial charge in [0.05, 0.1) is 7.11 Å². The highest BCUT2D eigenvalue weighted by Gasteiger charge is 2.58. The lowest BCUT2D eigenvalue weighted by Gasteiger charge is -2.33. The van der Waals surface area contributed by atoms with Crippen molar-refractivity contribution in [1.29, 1.82) is 0 Å². The van der Waals surface area contributed by atoms with Crippen molar-refractivity contribution in [2.75, 3.05) is 13.7 Å². The van der Waals surface area contributed by atoms with Gasteiger partial charge in [0.15, 0.2) is 12.5 Å². The monoisotopic (exact) mass is 340 g/mol. The molecule has 0 N–H and O–H groups in total. The van der Waals surface area contributed by atoms with E-state index in [0.717, 1.165) is 0 Å². The van der Waals surface area contributed by atoms with Crippen molar-refractivity contribution in [2.45, 2.75) is 32.5 Å². The summed E-state index contributed by atoms with van der Waals surface area (Å²) in [4.78, 5) is 47.0. The third-order valence-electron chi connectivity index (χ3n) is 4.28. The summed E-state index contributed by atoms with van der Waals surface area (Å²) in [6, 6.07) is 0. The number of hydrogen-bond donors (Lipinski definition) is 0. The molecule has 1 saturated heterocycles. The normalized spacial score (nSPS) is 31.0. The van der Waals surface area contributed by atoms with Crippen LogP contribution in [0.1, 0.15) is 20.3 Å². The average molecular weight is 340 g/mol. The van der Waals surface area contributed by atoms with E-state index in [-0.39, 0.29) is 11.5 Å². The van der Waals surface area contributed by atoms with E-state index in [0.29, 0.717) is 6.42 Å². The van der Waals surface area contributed by atoms with Crippen LogP contribution in [0.25, 0.3) is 0 Å². The maximum atomic E-state index is 12.0. The molecule has 2 rings (SSSR count). The number of hydrogen-bond acceptors (Lipinski definition) is 8.